The van der Waals surface area contributed by atoms with E-state index in [1.807, 2.05) is 35.4 Å². The summed E-state index contributed by atoms with van der Waals surface area (Å²) in [6.07, 6.45) is 5.63. The maximum atomic E-state index is 13.1. The van der Waals surface area contributed by atoms with Gasteiger partial charge in [0.15, 0.2) is 0 Å². The zero-order valence-corrected chi connectivity index (χ0v) is 15.2. The Bertz CT molecular complexity index is 780. The fraction of sp³-hybridized carbons (Fsp3) is 0.429. The van der Waals surface area contributed by atoms with Gasteiger partial charge in [-0.05, 0) is 48.7 Å². The largest absolute Gasteiger partial charge is 0.497 e. The molecule has 26 heavy (non-hydrogen) atoms. The lowest BCUT2D eigenvalue weighted by atomic mass is 9.85. The predicted octanol–water partition coefficient (Wildman–Crippen LogP) is 2.71. The maximum Gasteiger partial charge on any atom is 0.230 e. The number of rotatable bonds is 5. The molecule has 2 fully saturated rings. The van der Waals surface area contributed by atoms with Gasteiger partial charge in [-0.15, -0.1) is 0 Å². The minimum absolute atomic E-state index is 0.193. The van der Waals surface area contributed by atoms with Crippen LogP contribution >= 0.6 is 0 Å². The van der Waals surface area contributed by atoms with E-state index in [1.165, 1.54) is 5.56 Å². The molecule has 1 atom stereocenters. The van der Waals surface area contributed by atoms with Crippen LogP contribution in [0.25, 0.3) is 0 Å². The standard InChI is InChI=1S/C21H25N3O2/c1-26-19-6-2-4-17(12-19)15-24-11-8-21(20(24)25)7-10-23(16-21)14-18-5-3-9-22-13-18/h2-6,9,12-13H,7-8,10-11,14-16H2,1H3/t21-/m1/s1. The Kier molecular flexibility index (Phi) is 4.64. The summed E-state index contributed by atoms with van der Waals surface area (Å²) in [6, 6.07) is 12.1. The van der Waals surface area contributed by atoms with E-state index in [4.69, 9.17) is 4.74 Å². The Morgan fingerprint density at radius 1 is 1.12 bits per heavy atom. The number of hydrogen-bond donors (Lipinski definition) is 0. The van der Waals surface area contributed by atoms with E-state index in [9.17, 15) is 4.79 Å². The van der Waals surface area contributed by atoms with Crippen molar-refractivity contribution in [1.29, 1.82) is 0 Å². The van der Waals surface area contributed by atoms with Gasteiger partial charge in [-0.25, -0.2) is 0 Å². The first kappa shape index (κ1) is 17.0. The van der Waals surface area contributed by atoms with E-state index < -0.39 is 0 Å². The highest BCUT2D eigenvalue weighted by Gasteiger charge is 2.50. The van der Waals surface area contributed by atoms with Crippen molar-refractivity contribution < 1.29 is 9.53 Å². The second-order valence-corrected chi connectivity index (χ2v) is 7.43. The summed E-state index contributed by atoms with van der Waals surface area (Å²) < 4.78 is 5.29. The number of aromatic nitrogens is 1. The van der Waals surface area contributed by atoms with Crippen molar-refractivity contribution in [2.75, 3.05) is 26.7 Å². The lowest BCUT2D eigenvalue weighted by Gasteiger charge is -2.24. The minimum Gasteiger partial charge on any atom is -0.497 e. The van der Waals surface area contributed by atoms with Crippen molar-refractivity contribution in [3.8, 4) is 5.75 Å². The summed E-state index contributed by atoms with van der Waals surface area (Å²) in [7, 11) is 1.67. The topological polar surface area (TPSA) is 45.7 Å². The highest BCUT2D eigenvalue weighted by atomic mass is 16.5. The molecular weight excluding hydrogens is 326 g/mol. The Hall–Kier alpha value is -2.40. The van der Waals surface area contributed by atoms with Crippen LogP contribution in [0.4, 0.5) is 0 Å². The quantitative estimate of drug-likeness (QED) is 0.831. The summed E-state index contributed by atoms with van der Waals surface area (Å²) >= 11 is 0. The second-order valence-electron chi connectivity index (χ2n) is 7.43. The Morgan fingerprint density at radius 2 is 1.96 bits per heavy atom. The summed E-state index contributed by atoms with van der Waals surface area (Å²) in [5.74, 6) is 1.15. The molecule has 0 unspecified atom stereocenters. The molecule has 2 aliphatic heterocycles. The Morgan fingerprint density at radius 3 is 2.77 bits per heavy atom. The molecule has 1 aromatic heterocycles. The molecule has 1 aromatic carbocycles. The van der Waals surface area contributed by atoms with E-state index in [-0.39, 0.29) is 5.41 Å². The van der Waals surface area contributed by atoms with E-state index in [0.29, 0.717) is 12.5 Å². The summed E-state index contributed by atoms with van der Waals surface area (Å²) in [5.41, 5.74) is 2.14. The van der Waals surface area contributed by atoms with Crippen LogP contribution < -0.4 is 4.74 Å². The number of benzene rings is 1. The zero-order valence-electron chi connectivity index (χ0n) is 15.2. The van der Waals surface area contributed by atoms with E-state index in [2.05, 4.69) is 22.0 Å². The Labute approximate surface area is 154 Å². The molecular formula is C21H25N3O2. The molecule has 5 heteroatoms. The first-order chi connectivity index (χ1) is 12.7. The summed E-state index contributed by atoms with van der Waals surface area (Å²) in [5, 5.41) is 0. The summed E-state index contributed by atoms with van der Waals surface area (Å²) in [6.45, 7) is 4.22. The van der Waals surface area contributed by atoms with Crippen LogP contribution in [0, 0.1) is 5.41 Å². The normalized spacial score (nSPS) is 23.1. The highest BCUT2D eigenvalue weighted by molar-refractivity contribution is 5.85. The number of amides is 1. The van der Waals surface area contributed by atoms with E-state index >= 15 is 0 Å². The number of nitrogens with zero attached hydrogens (tertiary/aromatic N) is 3. The van der Waals surface area contributed by atoms with Gasteiger partial charge in [0.2, 0.25) is 5.91 Å². The van der Waals surface area contributed by atoms with Crippen molar-refractivity contribution >= 4 is 5.91 Å². The molecule has 2 aromatic rings. The van der Waals surface area contributed by atoms with E-state index in [1.54, 1.807) is 13.3 Å². The fourth-order valence-corrected chi connectivity index (χ4v) is 4.26. The van der Waals surface area contributed by atoms with Crippen LogP contribution in [0.1, 0.15) is 24.0 Å². The molecule has 0 bridgehead atoms. The van der Waals surface area contributed by atoms with Gasteiger partial charge >= 0.3 is 0 Å². The summed E-state index contributed by atoms with van der Waals surface area (Å²) in [4.78, 5) is 21.7. The third-order valence-electron chi connectivity index (χ3n) is 5.67. The van der Waals surface area contributed by atoms with Gasteiger partial charge in [0.1, 0.15) is 5.75 Å². The number of likely N-dealkylation sites (tertiary alicyclic amines) is 2. The molecule has 2 saturated heterocycles. The minimum atomic E-state index is -0.193. The molecule has 5 nitrogen and oxygen atoms in total. The van der Waals surface area contributed by atoms with Crippen LogP contribution in [-0.4, -0.2) is 47.4 Å². The van der Waals surface area contributed by atoms with Gasteiger partial charge in [-0.3, -0.25) is 14.7 Å². The van der Waals surface area contributed by atoms with Crippen molar-refractivity contribution in [2.45, 2.75) is 25.9 Å². The van der Waals surface area contributed by atoms with Crippen LogP contribution in [0.2, 0.25) is 0 Å². The molecule has 4 rings (SSSR count). The number of hydrogen-bond acceptors (Lipinski definition) is 4. The number of ether oxygens (including phenoxy) is 1. The fourth-order valence-electron chi connectivity index (χ4n) is 4.26. The van der Waals surface area contributed by atoms with Crippen molar-refractivity contribution in [3.05, 3.63) is 59.9 Å². The molecule has 3 heterocycles. The van der Waals surface area contributed by atoms with Gasteiger partial charge in [0, 0.05) is 38.6 Å². The van der Waals surface area contributed by atoms with Gasteiger partial charge in [-0.1, -0.05) is 18.2 Å². The first-order valence-corrected chi connectivity index (χ1v) is 9.22. The Balaban J connectivity index is 1.40. The van der Waals surface area contributed by atoms with Crippen molar-refractivity contribution in [1.82, 2.24) is 14.8 Å². The maximum absolute atomic E-state index is 13.1. The van der Waals surface area contributed by atoms with Crippen LogP contribution in [0.5, 0.6) is 5.75 Å². The number of carbonyl (C=O) groups excluding carboxylic acids is 1. The molecule has 1 amide bonds. The first-order valence-electron chi connectivity index (χ1n) is 9.22. The van der Waals surface area contributed by atoms with Gasteiger partial charge in [0.05, 0.1) is 12.5 Å². The highest BCUT2D eigenvalue weighted by Crippen LogP contribution is 2.41. The molecule has 0 N–H and O–H groups in total. The SMILES string of the molecule is COc1cccc(CN2CC[C@@]3(CCN(Cc4cccnc4)C3)C2=O)c1. The van der Waals surface area contributed by atoms with Crippen molar-refractivity contribution in [3.63, 3.8) is 0 Å². The second kappa shape index (κ2) is 7.08. The molecule has 136 valence electrons. The van der Waals surface area contributed by atoms with Crippen molar-refractivity contribution in [2.24, 2.45) is 5.41 Å². The predicted molar refractivity (Wildman–Crippen MR) is 99.6 cm³/mol. The van der Waals surface area contributed by atoms with Gasteiger partial charge in [0.25, 0.3) is 0 Å². The smallest absolute Gasteiger partial charge is 0.230 e. The number of methoxy groups -OCH3 is 1. The van der Waals surface area contributed by atoms with Crippen LogP contribution in [0.15, 0.2) is 48.8 Å². The average molecular weight is 351 g/mol. The average Bonchev–Trinajstić information content (AvgIpc) is 3.22. The molecule has 0 aliphatic carbocycles. The van der Waals surface area contributed by atoms with Crippen LogP contribution in [-0.2, 0) is 17.9 Å². The number of pyridine rings is 1. The lowest BCUT2D eigenvalue weighted by Crippen LogP contribution is -2.36. The molecule has 0 radical (unpaired) electrons. The monoisotopic (exact) mass is 351 g/mol. The van der Waals surface area contributed by atoms with E-state index in [0.717, 1.165) is 50.3 Å². The van der Waals surface area contributed by atoms with Gasteiger partial charge < -0.3 is 9.64 Å². The lowest BCUT2D eigenvalue weighted by molar-refractivity contribution is -0.136. The molecule has 0 saturated carbocycles. The molecule has 1 spiro atoms. The third kappa shape index (κ3) is 3.31. The zero-order chi connectivity index (χ0) is 18.0. The number of carbonyl (C=O) groups is 1. The third-order valence-corrected chi connectivity index (χ3v) is 5.67. The molecule has 2 aliphatic rings. The van der Waals surface area contributed by atoms with Crippen LogP contribution in [0.3, 0.4) is 0 Å². The van der Waals surface area contributed by atoms with Gasteiger partial charge in [-0.2, -0.15) is 0 Å².